The van der Waals surface area contributed by atoms with Gasteiger partial charge in [0.15, 0.2) is 0 Å². The van der Waals surface area contributed by atoms with Crippen molar-refractivity contribution >= 4 is 10.0 Å². The molecular weight excluding hydrogens is 258 g/mol. The van der Waals surface area contributed by atoms with Crippen molar-refractivity contribution in [1.29, 1.82) is 0 Å². The van der Waals surface area contributed by atoms with Gasteiger partial charge in [0.2, 0.25) is 10.0 Å². The molecule has 1 radical (unpaired) electrons. The molecule has 3 nitrogen and oxygen atoms in total. The van der Waals surface area contributed by atoms with Crippen LogP contribution in [0, 0.1) is 13.5 Å². The molecule has 0 aliphatic heterocycles. The number of sulfonamides is 1. The molecule has 1 N–H and O–H groups in total. The molecule has 2 aromatic carbocycles. The van der Waals surface area contributed by atoms with E-state index >= 15 is 0 Å². The van der Waals surface area contributed by atoms with E-state index in [0.717, 1.165) is 11.1 Å². The Morgan fingerprint density at radius 2 is 1.63 bits per heavy atom. The molecule has 0 atom stereocenters. The van der Waals surface area contributed by atoms with Crippen LogP contribution in [0.2, 0.25) is 0 Å². The predicted molar refractivity (Wildman–Crippen MR) is 75.9 cm³/mol. The lowest BCUT2D eigenvalue weighted by atomic mass is 10.2. The fourth-order valence-corrected chi connectivity index (χ4v) is 2.60. The van der Waals surface area contributed by atoms with E-state index in [2.05, 4.69) is 4.72 Å². The molecule has 0 saturated carbocycles. The number of aryl methyl sites for hydroxylation is 1. The van der Waals surface area contributed by atoms with E-state index in [1.807, 2.05) is 37.3 Å². The average molecular weight is 274 g/mol. The smallest absolute Gasteiger partial charge is 0.207 e. The first-order valence-electron chi connectivity index (χ1n) is 6.02. The Hall–Kier alpha value is -1.65. The highest BCUT2D eigenvalue weighted by Crippen LogP contribution is 2.10. The highest BCUT2D eigenvalue weighted by Gasteiger charge is 2.12. The fraction of sp³-hybridized carbons (Fsp3) is 0.133. The first-order chi connectivity index (χ1) is 9.08. The first kappa shape index (κ1) is 13.8. The van der Waals surface area contributed by atoms with Gasteiger partial charge in [-0.1, -0.05) is 48.0 Å². The molecular formula is C15H16NO2S. The molecule has 0 aliphatic rings. The second kappa shape index (κ2) is 5.99. The van der Waals surface area contributed by atoms with Crippen molar-refractivity contribution in [1.82, 2.24) is 4.72 Å². The van der Waals surface area contributed by atoms with Crippen molar-refractivity contribution in [3.05, 3.63) is 72.3 Å². The molecule has 99 valence electrons. The van der Waals surface area contributed by atoms with Crippen LogP contribution in [0.25, 0.3) is 0 Å². The van der Waals surface area contributed by atoms with E-state index in [-0.39, 0.29) is 4.90 Å². The molecule has 2 rings (SSSR count). The van der Waals surface area contributed by atoms with Gasteiger partial charge in [0.1, 0.15) is 0 Å². The second-order valence-electron chi connectivity index (χ2n) is 4.33. The van der Waals surface area contributed by atoms with E-state index < -0.39 is 10.0 Å². The SMILES string of the molecule is Cc1ccc(S(=O)(=O)N[CH]Cc2ccccc2)cc1. The summed E-state index contributed by atoms with van der Waals surface area (Å²) in [6.45, 7) is 3.48. The molecule has 0 saturated heterocycles. The third-order valence-corrected chi connectivity index (χ3v) is 4.12. The van der Waals surface area contributed by atoms with Gasteiger partial charge >= 0.3 is 0 Å². The normalized spacial score (nSPS) is 11.4. The van der Waals surface area contributed by atoms with Gasteiger partial charge in [0.05, 0.1) is 4.90 Å². The number of nitrogens with one attached hydrogen (secondary N) is 1. The van der Waals surface area contributed by atoms with Gasteiger partial charge in [-0.05, 0) is 31.0 Å². The van der Waals surface area contributed by atoms with Gasteiger partial charge in [0.25, 0.3) is 0 Å². The molecule has 0 heterocycles. The zero-order valence-corrected chi connectivity index (χ0v) is 11.5. The molecule has 0 spiro atoms. The monoisotopic (exact) mass is 274 g/mol. The summed E-state index contributed by atoms with van der Waals surface area (Å²) in [6.07, 6.45) is 0.561. The summed E-state index contributed by atoms with van der Waals surface area (Å²) in [4.78, 5) is 0.280. The molecule has 19 heavy (non-hydrogen) atoms. The minimum absolute atomic E-state index is 0.280. The van der Waals surface area contributed by atoms with Crippen LogP contribution in [0.4, 0.5) is 0 Å². The highest BCUT2D eigenvalue weighted by atomic mass is 32.2. The van der Waals surface area contributed by atoms with Crippen LogP contribution in [0.1, 0.15) is 11.1 Å². The topological polar surface area (TPSA) is 46.2 Å². The molecule has 0 aliphatic carbocycles. The molecule has 4 heteroatoms. The maximum atomic E-state index is 12.0. The zero-order chi connectivity index (χ0) is 13.7. The van der Waals surface area contributed by atoms with Crippen LogP contribution >= 0.6 is 0 Å². The quantitative estimate of drug-likeness (QED) is 0.911. The number of rotatable bonds is 5. The van der Waals surface area contributed by atoms with Gasteiger partial charge in [-0.3, -0.25) is 0 Å². The fourth-order valence-electron chi connectivity index (χ4n) is 1.67. The highest BCUT2D eigenvalue weighted by molar-refractivity contribution is 7.89. The van der Waals surface area contributed by atoms with Crippen LogP contribution in [0.15, 0.2) is 59.5 Å². The number of hydrogen-bond donors (Lipinski definition) is 1. The third-order valence-electron chi connectivity index (χ3n) is 2.75. The van der Waals surface area contributed by atoms with Crippen LogP contribution in [-0.2, 0) is 16.4 Å². The molecule has 0 unspecified atom stereocenters. The van der Waals surface area contributed by atoms with Crippen LogP contribution in [0.5, 0.6) is 0 Å². The Morgan fingerprint density at radius 3 is 2.26 bits per heavy atom. The summed E-state index contributed by atoms with van der Waals surface area (Å²) in [5, 5.41) is 0. The Kier molecular flexibility index (Phi) is 4.35. The van der Waals surface area contributed by atoms with Crippen molar-refractivity contribution < 1.29 is 8.42 Å². The van der Waals surface area contributed by atoms with Gasteiger partial charge in [0, 0.05) is 6.54 Å². The van der Waals surface area contributed by atoms with Crippen molar-refractivity contribution in [3.8, 4) is 0 Å². The summed E-state index contributed by atoms with van der Waals surface area (Å²) in [5.41, 5.74) is 2.10. The van der Waals surface area contributed by atoms with Gasteiger partial charge in [-0.2, -0.15) is 0 Å². The molecule has 0 amide bonds. The van der Waals surface area contributed by atoms with Crippen molar-refractivity contribution in [3.63, 3.8) is 0 Å². The zero-order valence-electron chi connectivity index (χ0n) is 10.7. The third kappa shape index (κ3) is 3.91. The largest absolute Gasteiger partial charge is 0.240 e. The second-order valence-corrected chi connectivity index (χ2v) is 6.04. The van der Waals surface area contributed by atoms with E-state index in [0.29, 0.717) is 6.42 Å². The summed E-state index contributed by atoms with van der Waals surface area (Å²) >= 11 is 0. The van der Waals surface area contributed by atoms with Crippen molar-refractivity contribution in [2.45, 2.75) is 18.2 Å². The van der Waals surface area contributed by atoms with Crippen LogP contribution in [0.3, 0.4) is 0 Å². The number of hydrogen-bond acceptors (Lipinski definition) is 2. The maximum Gasteiger partial charge on any atom is 0.240 e. The average Bonchev–Trinajstić information content (AvgIpc) is 2.40. The maximum absolute atomic E-state index is 12.0. The predicted octanol–water partition coefficient (Wildman–Crippen LogP) is 2.68. The summed E-state index contributed by atoms with van der Waals surface area (Å²) in [7, 11) is -3.45. The van der Waals surface area contributed by atoms with Crippen LogP contribution in [-0.4, -0.2) is 8.42 Å². The Bertz CT molecular complexity index is 619. The van der Waals surface area contributed by atoms with E-state index in [1.165, 1.54) is 0 Å². The molecule has 2 aromatic rings. The van der Waals surface area contributed by atoms with Gasteiger partial charge in [-0.25, -0.2) is 13.1 Å². The lowest BCUT2D eigenvalue weighted by Gasteiger charge is -2.06. The van der Waals surface area contributed by atoms with Crippen LogP contribution < -0.4 is 4.72 Å². The summed E-state index contributed by atoms with van der Waals surface area (Å²) < 4.78 is 26.5. The summed E-state index contributed by atoms with van der Waals surface area (Å²) in [5.74, 6) is 0. The lowest BCUT2D eigenvalue weighted by Crippen LogP contribution is -2.22. The Labute approximate surface area is 114 Å². The standard InChI is InChI=1S/C15H16NO2S/c1-13-7-9-15(10-8-13)19(17,18)16-12-11-14-5-3-2-4-6-14/h2-10,12,16H,11H2,1H3. The first-order valence-corrected chi connectivity index (χ1v) is 7.51. The molecule has 0 fully saturated rings. The van der Waals surface area contributed by atoms with Crippen molar-refractivity contribution in [2.24, 2.45) is 0 Å². The Balaban J connectivity index is 1.97. The van der Waals surface area contributed by atoms with Crippen molar-refractivity contribution in [2.75, 3.05) is 0 Å². The van der Waals surface area contributed by atoms with E-state index in [4.69, 9.17) is 0 Å². The molecule has 0 aromatic heterocycles. The number of benzene rings is 2. The van der Waals surface area contributed by atoms with E-state index in [9.17, 15) is 8.42 Å². The minimum atomic E-state index is -3.45. The summed E-state index contributed by atoms with van der Waals surface area (Å²) in [6, 6.07) is 16.5. The van der Waals surface area contributed by atoms with Gasteiger partial charge in [-0.15, -0.1) is 0 Å². The van der Waals surface area contributed by atoms with Gasteiger partial charge < -0.3 is 0 Å². The Morgan fingerprint density at radius 1 is 1.00 bits per heavy atom. The molecule has 0 bridgehead atoms. The lowest BCUT2D eigenvalue weighted by molar-refractivity contribution is 0.587. The van der Waals surface area contributed by atoms with E-state index in [1.54, 1.807) is 30.8 Å². The minimum Gasteiger partial charge on any atom is -0.207 e.